The van der Waals surface area contributed by atoms with Crippen LogP contribution >= 0.6 is 11.8 Å². The monoisotopic (exact) mass is 547 g/mol. The normalized spacial score (nSPS) is 17.4. The fourth-order valence-corrected chi connectivity index (χ4v) is 5.59. The summed E-state index contributed by atoms with van der Waals surface area (Å²) in [6, 6.07) is 6.29. The Labute approximate surface area is 241 Å². The number of fused-ring (bicyclic) bond motifs is 1. The van der Waals surface area contributed by atoms with Crippen LogP contribution in [-0.4, -0.2) is 0 Å². The van der Waals surface area contributed by atoms with E-state index in [1.807, 2.05) is 30.4 Å². The van der Waals surface area contributed by atoms with Gasteiger partial charge in [-0.3, -0.25) is 15.0 Å². The zero-order chi connectivity index (χ0) is 29.4. The minimum absolute atomic E-state index is 0.00379. The van der Waals surface area contributed by atoms with Gasteiger partial charge in [0, 0.05) is 15.2 Å². The van der Waals surface area contributed by atoms with Gasteiger partial charge in [-0.2, -0.15) is 0 Å². The van der Waals surface area contributed by atoms with Gasteiger partial charge in [-0.1, -0.05) is 119 Å². The van der Waals surface area contributed by atoms with Crippen molar-refractivity contribution in [1.82, 2.24) is 0 Å². The number of hydrogen-bond acceptors (Lipinski definition) is 4. The molecule has 2 aromatic rings. The highest BCUT2D eigenvalue weighted by molar-refractivity contribution is 8.03. The van der Waals surface area contributed by atoms with Gasteiger partial charge in [-0.15, -0.1) is 0 Å². The first kappa shape index (κ1) is 30.5. The predicted octanol–water partition coefficient (Wildman–Crippen LogP) is 6.32. The summed E-state index contributed by atoms with van der Waals surface area (Å²) >= 11 is 1.50. The number of nitrogens with one attached hydrogen (secondary N) is 1. The fraction of sp³-hybridized carbons (Fsp3) is 0.194. The van der Waals surface area contributed by atoms with E-state index >= 15 is 0 Å². The average Bonchev–Trinajstić information content (AvgIpc) is 3.05. The smallest absolute Gasteiger partial charge is 0.215 e. The second kappa shape index (κ2) is 13.4. The molecule has 3 rings (SSSR count). The van der Waals surface area contributed by atoms with E-state index in [9.17, 15) is 9.59 Å². The Morgan fingerprint density at radius 2 is 1.80 bits per heavy atom. The van der Waals surface area contributed by atoms with Gasteiger partial charge in [0.25, 0.3) is 0 Å². The molecule has 4 heteroatoms. The first-order valence-corrected chi connectivity index (χ1v) is 14.1. The minimum Gasteiger partial charge on any atom is -0.296 e. The van der Waals surface area contributed by atoms with Crippen molar-refractivity contribution < 1.29 is 0 Å². The molecular formula is C36H37NO2S. The summed E-state index contributed by atoms with van der Waals surface area (Å²) in [5, 5.41) is 7.83. The van der Waals surface area contributed by atoms with Crippen LogP contribution in [0, 0.1) is 11.3 Å². The maximum Gasteiger partial charge on any atom is 0.215 e. The van der Waals surface area contributed by atoms with Crippen molar-refractivity contribution in [2.75, 3.05) is 0 Å². The van der Waals surface area contributed by atoms with Gasteiger partial charge in [0.2, 0.25) is 5.43 Å². The van der Waals surface area contributed by atoms with Crippen molar-refractivity contribution in [2.24, 2.45) is 5.92 Å². The molecular weight excluding hydrogens is 510 g/mol. The summed E-state index contributed by atoms with van der Waals surface area (Å²) in [7, 11) is 0. The molecule has 0 aromatic heterocycles. The molecule has 0 bridgehead atoms. The van der Waals surface area contributed by atoms with Crippen LogP contribution in [0.3, 0.4) is 0 Å². The summed E-state index contributed by atoms with van der Waals surface area (Å²) in [6.07, 6.45) is 23.8. The summed E-state index contributed by atoms with van der Waals surface area (Å²) in [6.45, 7) is 20.2. The van der Waals surface area contributed by atoms with E-state index in [4.69, 9.17) is 5.41 Å². The van der Waals surface area contributed by atoms with Gasteiger partial charge in [0.15, 0.2) is 5.43 Å². The quantitative estimate of drug-likeness (QED) is 0.374. The Morgan fingerprint density at radius 1 is 1.07 bits per heavy atom. The summed E-state index contributed by atoms with van der Waals surface area (Å²) < 4.78 is 0. The van der Waals surface area contributed by atoms with Crippen LogP contribution in [0.5, 0.6) is 0 Å². The van der Waals surface area contributed by atoms with Crippen molar-refractivity contribution in [3.05, 3.63) is 156 Å². The number of thioether (sulfide) groups is 1. The van der Waals surface area contributed by atoms with Crippen molar-refractivity contribution in [3.8, 4) is 0 Å². The third-order valence-electron chi connectivity index (χ3n) is 6.96. The number of rotatable bonds is 9. The molecule has 1 atom stereocenters. The second-order valence-electron chi connectivity index (χ2n) is 10.5. The lowest BCUT2D eigenvalue weighted by Crippen LogP contribution is -2.36. The molecule has 3 nitrogen and oxygen atoms in total. The van der Waals surface area contributed by atoms with E-state index in [0.717, 1.165) is 32.9 Å². The lowest BCUT2D eigenvalue weighted by atomic mass is 9.77. The fourth-order valence-electron chi connectivity index (χ4n) is 4.40. The molecule has 1 aliphatic heterocycles. The van der Waals surface area contributed by atoms with Crippen LogP contribution < -0.4 is 26.7 Å². The Balaban J connectivity index is 1.85. The lowest BCUT2D eigenvalue weighted by Gasteiger charge is -2.27. The summed E-state index contributed by atoms with van der Waals surface area (Å²) in [5.74, 6) is 0.471. The topological polar surface area (TPSA) is 58.0 Å². The molecule has 0 fully saturated rings. The van der Waals surface area contributed by atoms with Gasteiger partial charge >= 0.3 is 0 Å². The Morgan fingerprint density at radius 3 is 2.50 bits per heavy atom. The van der Waals surface area contributed by atoms with Crippen molar-refractivity contribution in [1.29, 1.82) is 5.41 Å². The van der Waals surface area contributed by atoms with Crippen LogP contribution in [0.25, 0.3) is 18.2 Å². The zero-order valence-corrected chi connectivity index (χ0v) is 24.6. The third kappa shape index (κ3) is 7.13. The highest BCUT2D eigenvalue weighted by atomic mass is 32.2. The molecule has 0 amide bonds. The first-order valence-electron chi connectivity index (χ1n) is 13.3. The second-order valence-corrected chi connectivity index (χ2v) is 11.6. The Hall–Kier alpha value is -4.02. The van der Waals surface area contributed by atoms with E-state index in [0.29, 0.717) is 5.92 Å². The minimum atomic E-state index is -0.563. The Kier molecular flexibility index (Phi) is 10.2. The van der Waals surface area contributed by atoms with Gasteiger partial charge < -0.3 is 0 Å². The summed E-state index contributed by atoms with van der Waals surface area (Å²) in [4.78, 5) is 27.2. The molecule has 1 aliphatic rings. The molecule has 1 N–H and O–H groups in total. The molecule has 0 radical (unpaired) electrons. The van der Waals surface area contributed by atoms with Gasteiger partial charge in [0.1, 0.15) is 5.36 Å². The average molecular weight is 548 g/mol. The first-order chi connectivity index (χ1) is 19.0. The van der Waals surface area contributed by atoms with Crippen molar-refractivity contribution >= 4 is 30.0 Å². The maximum atomic E-state index is 12.8. The van der Waals surface area contributed by atoms with Crippen LogP contribution in [0.15, 0.2) is 123 Å². The highest BCUT2D eigenvalue weighted by Crippen LogP contribution is 2.45. The van der Waals surface area contributed by atoms with Crippen LogP contribution in [0.1, 0.15) is 45.2 Å². The largest absolute Gasteiger partial charge is 0.296 e. The van der Waals surface area contributed by atoms with Gasteiger partial charge in [-0.25, -0.2) is 0 Å². The molecule has 0 spiro atoms. The van der Waals surface area contributed by atoms with Gasteiger partial charge in [0.05, 0.1) is 10.4 Å². The molecule has 0 aliphatic carbocycles. The van der Waals surface area contributed by atoms with Crippen molar-refractivity contribution in [3.63, 3.8) is 0 Å². The highest BCUT2D eigenvalue weighted by Gasteiger charge is 2.29. The Bertz CT molecular complexity index is 1750. The number of benzene rings is 1. The van der Waals surface area contributed by atoms with Crippen LogP contribution in [0.4, 0.5) is 0 Å². The maximum absolute atomic E-state index is 12.8. The van der Waals surface area contributed by atoms with Crippen LogP contribution in [-0.2, 0) is 5.41 Å². The molecule has 0 saturated heterocycles. The summed E-state index contributed by atoms with van der Waals surface area (Å²) in [5.41, 5.74) is 2.91. The van der Waals surface area contributed by atoms with Gasteiger partial charge in [-0.05, 0) is 66.3 Å². The van der Waals surface area contributed by atoms with E-state index in [-0.39, 0.29) is 21.2 Å². The van der Waals surface area contributed by atoms with E-state index in [2.05, 4.69) is 89.9 Å². The third-order valence-corrected chi connectivity index (χ3v) is 8.01. The lowest BCUT2D eigenvalue weighted by molar-refractivity contribution is 0.629. The van der Waals surface area contributed by atoms with E-state index < -0.39 is 10.9 Å². The standard InChI is InChI=1S/C36H37NO2S/c1-8-15-29-33(37)35(39)30(34(29)38)23-28-21-26(5)36(6,7)31-22-27(18-19-32(31)40-28)17-14-12-10-11-13-16-25(4)20-24(3)9-2/h8-15,17-23,25,37H,1-2,5,16H2,3-4,6-7H3/b12-10-,13-11+,17-14-,24-20-,29-15+,30-23+,37-33?. The molecule has 204 valence electrons. The van der Waals surface area contributed by atoms with E-state index in [1.54, 1.807) is 6.08 Å². The molecule has 1 unspecified atom stereocenters. The number of hydrogen-bond donors (Lipinski definition) is 1. The molecule has 40 heavy (non-hydrogen) atoms. The molecule has 1 heterocycles. The number of allylic oxidation sites excluding steroid dienone is 12. The van der Waals surface area contributed by atoms with Crippen LogP contribution in [0.2, 0.25) is 0 Å². The molecule has 2 aromatic carbocycles. The SMILES string of the molecule is C=C/C=c1\c(=N)c(=O)/c(=C/C2=CC(=C)C(C)(C)c3cc(\C=C/C=C\C=C\CC(C)/C=C(/C)C=C)ccc3S2)c1=O. The van der Waals surface area contributed by atoms with E-state index in [1.165, 1.54) is 29.5 Å². The zero-order valence-electron chi connectivity index (χ0n) is 23.8. The van der Waals surface area contributed by atoms with Crippen molar-refractivity contribution in [2.45, 2.75) is 44.4 Å². The predicted molar refractivity (Wildman–Crippen MR) is 173 cm³/mol. The molecule has 0 saturated carbocycles.